The van der Waals surface area contributed by atoms with Crippen LogP contribution in [0.3, 0.4) is 0 Å². The second kappa shape index (κ2) is 7.78. The van der Waals surface area contributed by atoms with Gasteiger partial charge in [0.2, 0.25) is 5.88 Å². The minimum atomic E-state index is -2.94. The summed E-state index contributed by atoms with van der Waals surface area (Å²) in [5.74, 6) is 0.0498. The van der Waals surface area contributed by atoms with Crippen molar-refractivity contribution in [3.8, 4) is 5.88 Å². The van der Waals surface area contributed by atoms with Crippen molar-refractivity contribution in [1.29, 1.82) is 0 Å². The summed E-state index contributed by atoms with van der Waals surface area (Å²) in [4.78, 5) is 5.66. The molecule has 1 aromatic rings. The highest BCUT2D eigenvalue weighted by Gasteiger charge is 2.22. The molecule has 5 nitrogen and oxygen atoms in total. The quantitative estimate of drug-likeness (QED) is 0.321. The molecular weight excluding hydrogens is 364 g/mol. The first-order chi connectivity index (χ1) is 9.27. The minimum Gasteiger partial charge on any atom is -0.407 e. The third-order valence-corrected chi connectivity index (χ3v) is 4.91. The van der Waals surface area contributed by atoms with Crippen LogP contribution in [0.5, 0.6) is 5.88 Å². The molecule has 1 heterocycles. The fourth-order valence-corrected chi connectivity index (χ4v) is 3.44. The van der Waals surface area contributed by atoms with E-state index in [1.165, 1.54) is 12.4 Å². The van der Waals surface area contributed by atoms with Crippen LogP contribution in [0.2, 0.25) is 15.2 Å². The van der Waals surface area contributed by atoms with Gasteiger partial charge in [0.1, 0.15) is 5.02 Å². The van der Waals surface area contributed by atoms with E-state index in [-0.39, 0.29) is 21.1 Å². The summed E-state index contributed by atoms with van der Waals surface area (Å²) >= 11 is 22.9. The van der Waals surface area contributed by atoms with Gasteiger partial charge in [-0.2, -0.15) is 9.75 Å². The molecular formula is C10H13Cl3N3O2PS. The van der Waals surface area contributed by atoms with Gasteiger partial charge in [0.25, 0.3) is 0 Å². The lowest BCUT2D eigenvalue weighted by Gasteiger charge is -2.18. The summed E-state index contributed by atoms with van der Waals surface area (Å²) < 4.78 is 15.1. The standard InChI is InChI=1S/C10H13Cl3N3O2PS/c1-4-17-19(20,14-6-16(2)3)18-10-8(12)5-7(11)9(13)15-10/h5-6H,4H2,1-3H3/b14-6+. The molecule has 112 valence electrons. The molecule has 0 aromatic carbocycles. The Kier molecular flexibility index (Phi) is 6.98. The molecule has 1 aromatic heterocycles. The lowest BCUT2D eigenvalue weighted by atomic mass is 10.5. The van der Waals surface area contributed by atoms with Gasteiger partial charge >= 0.3 is 6.64 Å². The van der Waals surface area contributed by atoms with Crippen molar-refractivity contribution in [1.82, 2.24) is 9.88 Å². The number of nitrogens with zero attached hydrogens (tertiary/aromatic N) is 3. The molecule has 0 saturated carbocycles. The highest BCUT2D eigenvalue weighted by molar-refractivity contribution is 8.09. The first-order valence-electron chi connectivity index (χ1n) is 5.45. The zero-order valence-corrected chi connectivity index (χ0v) is 15.0. The molecule has 1 unspecified atom stereocenters. The normalized spacial score (nSPS) is 14.3. The van der Waals surface area contributed by atoms with Gasteiger partial charge < -0.3 is 13.9 Å². The smallest absolute Gasteiger partial charge is 0.363 e. The highest BCUT2D eigenvalue weighted by Crippen LogP contribution is 2.51. The number of pyridine rings is 1. The van der Waals surface area contributed by atoms with Crippen molar-refractivity contribution < 1.29 is 9.05 Å². The van der Waals surface area contributed by atoms with Gasteiger partial charge in [0, 0.05) is 25.9 Å². The van der Waals surface area contributed by atoms with Gasteiger partial charge in [-0.05, 0) is 13.0 Å². The number of rotatable bonds is 6. The molecule has 0 saturated heterocycles. The van der Waals surface area contributed by atoms with Crippen LogP contribution in [-0.4, -0.2) is 36.9 Å². The number of hydrogen-bond donors (Lipinski definition) is 0. The Balaban J connectivity index is 3.08. The summed E-state index contributed by atoms with van der Waals surface area (Å²) in [5, 5.41) is 0.486. The predicted octanol–water partition coefficient (Wildman–Crippen LogP) is 4.27. The molecule has 1 rings (SSSR count). The van der Waals surface area contributed by atoms with Gasteiger partial charge in [-0.1, -0.05) is 34.8 Å². The monoisotopic (exact) mass is 375 g/mol. The fourth-order valence-electron chi connectivity index (χ4n) is 1.01. The topological polar surface area (TPSA) is 47.0 Å². The molecule has 0 aliphatic heterocycles. The first kappa shape index (κ1) is 18.0. The molecule has 0 bridgehead atoms. The molecule has 0 fully saturated rings. The van der Waals surface area contributed by atoms with Gasteiger partial charge in [0.15, 0.2) is 5.15 Å². The predicted molar refractivity (Wildman–Crippen MR) is 88.0 cm³/mol. The lowest BCUT2D eigenvalue weighted by molar-refractivity contribution is 0.329. The van der Waals surface area contributed by atoms with Crippen LogP contribution in [0.25, 0.3) is 0 Å². The molecule has 0 aliphatic rings. The molecule has 1 atom stereocenters. The Morgan fingerprint density at radius 3 is 2.60 bits per heavy atom. The van der Waals surface area contributed by atoms with Crippen LogP contribution in [0, 0.1) is 0 Å². The van der Waals surface area contributed by atoms with Crippen LogP contribution in [0.4, 0.5) is 0 Å². The minimum absolute atomic E-state index is 0.0498. The van der Waals surface area contributed by atoms with Gasteiger partial charge in [0.05, 0.1) is 18.0 Å². The van der Waals surface area contributed by atoms with Crippen molar-refractivity contribution in [2.24, 2.45) is 4.76 Å². The Morgan fingerprint density at radius 1 is 1.40 bits per heavy atom. The third-order valence-electron chi connectivity index (χ3n) is 1.77. The SMILES string of the molecule is CCOP(=S)(/N=C/N(C)C)Oc1nc(Cl)c(Cl)cc1Cl. The van der Waals surface area contributed by atoms with Crippen molar-refractivity contribution in [3.05, 3.63) is 21.3 Å². The van der Waals surface area contributed by atoms with E-state index in [1.807, 2.05) is 0 Å². The summed E-state index contributed by atoms with van der Waals surface area (Å²) in [6.07, 6.45) is 1.52. The molecule has 0 spiro atoms. The zero-order chi connectivity index (χ0) is 15.3. The van der Waals surface area contributed by atoms with Crippen molar-refractivity contribution in [2.45, 2.75) is 6.92 Å². The van der Waals surface area contributed by atoms with Crippen molar-refractivity contribution >= 4 is 59.6 Å². The van der Waals surface area contributed by atoms with E-state index in [1.54, 1.807) is 25.9 Å². The average molecular weight is 377 g/mol. The Bertz CT molecular complexity index is 557. The first-order valence-corrected chi connectivity index (χ1v) is 9.17. The second-order valence-electron chi connectivity index (χ2n) is 3.72. The van der Waals surface area contributed by atoms with E-state index in [4.69, 9.17) is 55.7 Å². The molecule has 0 aliphatic carbocycles. The van der Waals surface area contributed by atoms with Crippen LogP contribution < -0.4 is 4.52 Å². The summed E-state index contributed by atoms with van der Waals surface area (Å²) in [5.41, 5.74) is 0. The molecule has 0 N–H and O–H groups in total. The molecule has 0 radical (unpaired) electrons. The van der Waals surface area contributed by atoms with E-state index in [2.05, 4.69) is 9.75 Å². The number of aromatic nitrogens is 1. The highest BCUT2D eigenvalue weighted by atomic mass is 35.5. The summed E-state index contributed by atoms with van der Waals surface area (Å²) in [7, 11) is 3.61. The van der Waals surface area contributed by atoms with Gasteiger partial charge in [-0.3, -0.25) is 0 Å². The van der Waals surface area contributed by atoms with Crippen molar-refractivity contribution in [3.63, 3.8) is 0 Å². The Hall–Kier alpha value is -0.100. The molecule has 20 heavy (non-hydrogen) atoms. The van der Waals surface area contributed by atoms with Crippen LogP contribution >= 0.6 is 41.4 Å². The van der Waals surface area contributed by atoms with E-state index < -0.39 is 6.64 Å². The second-order valence-corrected chi connectivity index (χ2v) is 7.89. The number of halogens is 3. The molecule has 10 heteroatoms. The zero-order valence-electron chi connectivity index (χ0n) is 11.0. The van der Waals surface area contributed by atoms with Crippen molar-refractivity contribution in [2.75, 3.05) is 20.7 Å². The fraction of sp³-hybridized carbons (Fsp3) is 0.400. The maximum absolute atomic E-state index is 5.99. The van der Waals surface area contributed by atoms with Gasteiger partial charge in [-0.25, -0.2) is 0 Å². The van der Waals surface area contributed by atoms with Gasteiger partial charge in [-0.15, -0.1) is 0 Å². The third kappa shape index (κ3) is 5.35. The molecule has 0 amide bonds. The van der Waals surface area contributed by atoms with E-state index >= 15 is 0 Å². The van der Waals surface area contributed by atoms with Crippen LogP contribution in [0.15, 0.2) is 10.8 Å². The largest absolute Gasteiger partial charge is 0.407 e. The van der Waals surface area contributed by atoms with E-state index in [0.29, 0.717) is 6.61 Å². The average Bonchev–Trinajstić information content (AvgIpc) is 2.34. The maximum Gasteiger partial charge on any atom is 0.363 e. The number of hydrogen-bond acceptors (Lipinski definition) is 4. The summed E-state index contributed by atoms with van der Waals surface area (Å²) in [6, 6.07) is 1.43. The Morgan fingerprint density at radius 2 is 2.05 bits per heavy atom. The maximum atomic E-state index is 5.99. The van der Waals surface area contributed by atoms with Crippen LogP contribution in [0.1, 0.15) is 6.92 Å². The summed E-state index contributed by atoms with van der Waals surface area (Å²) in [6.45, 7) is -0.805. The van der Waals surface area contributed by atoms with E-state index in [9.17, 15) is 0 Å². The van der Waals surface area contributed by atoms with E-state index in [0.717, 1.165) is 0 Å². The Labute approximate surface area is 138 Å². The lowest BCUT2D eigenvalue weighted by Crippen LogP contribution is -2.09. The van der Waals surface area contributed by atoms with Crippen LogP contribution in [-0.2, 0) is 16.3 Å².